The molecule has 5 nitrogen and oxygen atoms in total. The number of aryl methyl sites for hydroxylation is 2. The Kier molecular flexibility index (Phi) is 7.48. The van der Waals surface area contributed by atoms with Gasteiger partial charge in [-0.3, -0.25) is 4.79 Å². The molecule has 0 radical (unpaired) electrons. The molecule has 4 fully saturated rings. The topological polar surface area (TPSA) is 89.1 Å². The van der Waals surface area contributed by atoms with Crippen molar-refractivity contribution in [1.82, 2.24) is 0 Å². The van der Waals surface area contributed by atoms with Crippen LogP contribution in [0.5, 0.6) is 0 Å². The second-order valence-corrected chi connectivity index (χ2v) is 14.4. The van der Waals surface area contributed by atoms with Crippen LogP contribution in [0.25, 0.3) is 10.5 Å². The molecule has 4 aliphatic rings. The maximum Gasteiger partial charge on any atom is 2.00 e. The summed E-state index contributed by atoms with van der Waals surface area (Å²) in [5.41, 5.74) is 12.2. The van der Waals surface area contributed by atoms with E-state index in [1.165, 1.54) is 16.7 Å². The van der Waals surface area contributed by atoms with E-state index >= 15 is 0 Å². The summed E-state index contributed by atoms with van der Waals surface area (Å²) in [6, 6.07) is 15.1. The number of benzene rings is 2. The van der Waals surface area contributed by atoms with Crippen LogP contribution in [0.1, 0.15) is 81.2 Å². The first-order valence-electron chi connectivity index (χ1n) is 13.5. The fourth-order valence-electron chi connectivity index (χ4n) is 9.09. The van der Waals surface area contributed by atoms with E-state index < -0.39 is 21.5 Å². The van der Waals surface area contributed by atoms with Gasteiger partial charge in [0.1, 0.15) is 5.78 Å². The Morgan fingerprint density at radius 1 is 1.00 bits per heavy atom. The molecule has 0 amide bonds. The second kappa shape index (κ2) is 9.61. The minimum Gasteiger partial charge on any atom is -0.678 e. The molecule has 2 aromatic carbocycles. The van der Waals surface area contributed by atoms with Crippen LogP contribution in [0.2, 0.25) is 0 Å². The zero-order valence-corrected chi connectivity index (χ0v) is 25.9. The van der Waals surface area contributed by atoms with E-state index in [0.717, 1.165) is 12.0 Å². The number of carbonyl (C=O) groups is 1. The molecule has 6 rings (SSSR count). The van der Waals surface area contributed by atoms with E-state index in [2.05, 4.69) is 64.5 Å². The first-order valence-corrected chi connectivity index (χ1v) is 15.1. The molecule has 0 saturated heterocycles. The van der Waals surface area contributed by atoms with E-state index in [1.807, 2.05) is 18.2 Å². The van der Waals surface area contributed by atoms with E-state index in [0.29, 0.717) is 24.7 Å². The van der Waals surface area contributed by atoms with Gasteiger partial charge in [-0.15, -0.1) is 6.04 Å². The Hall–Kier alpha value is -1.40. The number of fused-ring (bicyclic) bond motifs is 1. The molecule has 1 spiro atoms. The number of hydrogen-bond acceptors (Lipinski definition) is 3. The molecule has 38 heavy (non-hydrogen) atoms. The summed E-state index contributed by atoms with van der Waals surface area (Å²) >= 11 is 0. The smallest absolute Gasteiger partial charge is 0.678 e. The monoisotopic (exact) mass is 622 g/mol. The Morgan fingerprint density at radius 3 is 2.18 bits per heavy atom. The van der Waals surface area contributed by atoms with Gasteiger partial charge in [-0.2, -0.15) is 6.54 Å². The quantitative estimate of drug-likeness (QED) is 0.304. The third-order valence-electron chi connectivity index (χ3n) is 10.8. The number of sulfonamides is 1. The van der Waals surface area contributed by atoms with Crippen LogP contribution in [-0.4, -0.2) is 26.5 Å². The van der Waals surface area contributed by atoms with Gasteiger partial charge >= 0.3 is 19.5 Å². The Bertz CT molecular complexity index is 1340. The SMILES string of the molecule is CC12CC3CC(=O)C4(CS(=O)(=O)[N-]C(C[NH-])c5ccccc5)CC1(C)C342.Cc1ccc(C(C)C)cc1C.[Ru+2]. The average molecular weight is 622 g/mol. The molecule has 6 atom stereocenters. The van der Waals surface area contributed by atoms with Gasteiger partial charge in [0.05, 0.1) is 10.0 Å². The van der Waals surface area contributed by atoms with Gasteiger partial charge in [-0.25, -0.2) is 8.42 Å². The molecule has 7 heteroatoms. The second-order valence-electron chi connectivity index (χ2n) is 12.7. The third-order valence-corrected chi connectivity index (χ3v) is 12.3. The van der Waals surface area contributed by atoms with Crippen LogP contribution >= 0.6 is 0 Å². The third kappa shape index (κ3) is 3.79. The van der Waals surface area contributed by atoms with Gasteiger partial charge in [0.25, 0.3) is 0 Å². The minimum atomic E-state index is -3.78. The molecule has 0 bridgehead atoms. The summed E-state index contributed by atoms with van der Waals surface area (Å²) in [6.45, 7) is 13.1. The van der Waals surface area contributed by atoms with Gasteiger partial charge in [0.15, 0.2) is 0 Å². The Morgan fingerprint density at radius 2 is 1.66 bits per heavy atom. The molecule has 0 heterocycles. The molecule has 4 saturated carbocycles. The number of hydrogen-bond donors (Lipinski definition) is 0. The van der Waals surface area contributed by atoms with Crippen LogP contribution in [0.15, 0.2) is 48.5 Å². The summed E-state index contributed by atoms with van der Waals surface area (Å²) in [5.74, 6) is 0.996. The van der Waals surface area contributed by atoms with E-state index in [1.54, 1.807) is 12.1 Å². The number of nitrogens with one attached hydrogen (secondary N) is 1. The van der Waals surface area contributed by atoms with Crippen LogP contribution < -0.4 is 0 Å². The average Bonchev–Trinajstić information content (AvgIpc) is 3.00. The van der Waals surface area contributed by atoms with E-state index in [-0.39, 0.29) is 53.8 Å². The van der Waals surface area contributed by atoms with Crippen molar-refractivity contribution in [3.05, 3.63) is 81.2 Å². The van der Waals surface area contributed by atoms with Crippen LogP contribution in [0, 0.1) is 41.4 Å². The maximum absolute atomic E-state index is 12.9. The zero-order chi connectivity index (χ0) is 27.0. The van der Waals surface area contributed by atoms with Crippen LogP contribution in [0.3, 0.4) is 0 Å². The van der Waals surface area contributed by atoms with Crippen molar-refractivity contribution >= 4 is 15.8 Å². The van der Waals surface area contributed by atoms with Gasteiger partial charge < -0.3 is 10.5 Å². The van der Waals surface area contributed by atoms with Gasteiger partial charge in [-0.1, -0.05) is 81.8 Å². The summed E-state index contributed by atoms with van der Waals surface area (Å²) in [6.07, 6.45) is 2.30. The Balaban J connectivity index is 0.000000238. The maximum atomic E-state index is 12.9. The number of Topliss-reactive ketones (excluding diaryl/α,β-unsaturated/α-hetero) is 1. The first kappa shape index (κ1) is 29.6. The van der Waals surface area contributed by atoms with Crippen molar-refractivity contribution in [3.63, 3.8) is 0 Å². The normalized spacial score (nSPS) is 34.5. The molecule has 4 aliphatic carbocycles. The first-order chi connectivity index (χ1) is 17.3. The molecular formula is C31H40N2O3RuS. The number of nitrogens with zero attached hydrogens (tertiary/aromatic N) is 1. The van der Waals surface area contributed by atoms with Crippen molar-refractivity contribution in [2.45, 2.75) is 72.8 Å². The number of carbonyl (C=O) groups excluding carboxylic acids is 1. The van der Waals surface area contributed by atoms with E-state index in [4.69, 9.17) is 5.73 Å². The summed E-state index contributed by atoms with van der Waals surface area (Å²) < 4.78 is 30.0. The van der Waals surface area contributed by atoms with Crippen molar-refractivity contribution in [1.29, 1.82) is 0 Å². The summed E-state index contributed by atoms with van der Waals surface area (Å²) in [7, 11) is -3.78. The number of ketones is 1. The Labute approximate surface area is 241 Å². The fraction of sp³-hybridized carbons (Fsp3) is 0.581. The van der Waals surface area contributed by atoms with Crippen LogP contribution in [-0.2, 0) is 34.3 Å². The van der Waals surface area contributed by atoms with Crippen molar-refractivity contribution in [2.24, 2.45) is 27.6 Å². The molecule has 1 N–H and O–H groups in total. The summed E-state index contributed by atoms with van der Waals surface area (Å²) in [5, 5.41) is 0. The molecular weight excluding hydrogens is 581 g/mol. The largest absolute Gasteiger partial charge is 2.00 e. The molecule has 0 aliphatic heterocycles. The van der Waals surface area contributed by atoms with Crippen molar-refractivity contribution in [2.75, 3.05) is 12.3 Å². The fourth-order valence-corrected chi connectivity index (χ4v) is 10.9. The van der Waals surface area contributed by atoms with Gasteiger partial charge in [0, 0.05) is 17.6 Å². The van der Waals surface area contributed by atoms with Gasteiger partial charge in [0.2, 0.25) is 0 Å². The molecule has 2 aromatic rings. The van der Waals surface area contributed by atoms with Crippen LogP contribution in [0.4, 0.5) is 0 Å². The van der Waals surface area contributed by atoms with Crippen molar-refractivity contribution in [3.8, 4) is 0 Å². The van der Waals surface area contributed by atoms with Gasteiger partial charge in [-0.05, 0) is 71.5 Å². The minimum absolute atomic E-state index is 0. The predicted octanol–water partition coefficient (Wildman–Crippen LogP) is 7.30. The zero-order valence-electron chi connectivity index (χ0n) is 23.3. The molecule has 0 aromatic heterocycles. The van der Waals surface area contributed by atoms with Crippen molar-refractivity contribution < 1.29 is 32.7 Å². The summed E-state index contributed by atoms with van der Waals surface area (Å²) in [4.78, 5) is 12.9. The van der Waals surface area contributed by atoms with E-state index in [9.17, 15) is 13.2 Å². The number of rotatable bonds is 7. The predicted molar refractivity (Wildman–Crippen MR) is 149 cm³/mol. The standard InChI is InChI=1S/C20H24N2O3S.C11H16.Ru/c1-17-9-14-8-16(23)19(11-18(17,2)20(14,17)19)12-26(24,25)22-15(10-21)13-6-4-3-5-7-13;1-8(2)11-6-5-9(3)10(4)7-11;/h3-7,14-15,21H,8-12H2,1-2H3;5-8H,1-4H3;/q-2;;+2. The molecule has 6 unspecified atom stereocenters. The molecule has 206 valence electrons.